The highest BCUT2D eigenvalue weighted by atomic mass is 16.1. The van der Waals surface area contributed by atoms with Crippen LogP contribution in [0.1, 0.15) is 28.8 Å². The van der Waals surface area contributed by atoms with E-state index in [4.69, 9.17) is 5.26 Å². The fourth-order valence-electron chi connectivity index (χ4n) is 2.70. The number of nitriles is 1. The number of nitrogens with zero attached hydrogens (tertiary/aromatic N) is 1. The molecule has 15 heavy (non-hydrogen) atoms. The largest absolute Gasteiger partial charge is 0.293 e. The molecule has 0 unspecified atom stereocenters. The van der Waals surface area contributed by atoms with E-state index in [9.17, 15) is 4.79 Å². The maximum Gasteiger partial charge on any atom is 0.170 e. The van der Waals surface area contributed by atoms with Gasteiger partial charge in [0, 0.05) is 5.56 Å². The number of hydrogen-bond donors (Lipinski definition) is 0. The summed E-state index contributed by atoms with van der Waals surface area (Å²) < 4.78 is 0. The first-order valence-electron chi connectivity index (χ1n) is 5.30. The van der Waals surface area contributed by atoms with Crippen LogP contribution in [-0.4, -0.2) is 5.78 Å². The molecule has 0 aliphatic heterocycles. The Morgan fingerprint density at radius 3 is 2.93 bits per heavy atom. The zero-order chi connectivity index (χ0) is 10.5. The highest BCUT2D eigenvalue weighted by molar-refractivity contribution is 6.05. The number of benzene rings is 1. The Kier molecular flexibility index (Phi) is 1.56. The van der Waals surface area contributed by atoms with Crippen LogP contribution in [0.5, 0.6) is 0 Å². The molecule has 0 N–H and O–H groups in total. The molecule has 0 saturated heterocycles. The molecule has 2 atom stereocenters. The third-order valence-electron chi connectivity index (χ3n) is 3.79. The Labute approximate surface area is 88.5 Å². The summed E-state index contributed by atoms with van der Waals surface area (Å²) in [5.74, 6) is 0.175. The number of carbonyl (C=O) groups is 1. The smallest absolute Gasteiger partial charge is 0.170 e. The molecule has 2 heteroatoms. The summed E-state index contributed by atoms with van der Waals surface area (Å²) in [6, 6.07) is 10.0. The lowest BCUT2D eigenvalue weighted by Gasteiger charge is -2.22. The van der Waals surface area contributed by atoms with E-state index >= 15 is 0 Å². The molecular weight excluding hydrogens is 186 g/mol. The molecule has 74 valence electrons. The molecule has 1 aromatic carbocycles. The number of carbonyl (C=O) groups excluding carboxylic acids is 1. The molecule has 0 bridgehead atoms. The number of fused-ring (bicyclic) bond motifs is 1. The lowest BCUT2D eigenvalue weighted by molar-refractivity contribution is 0.0872. The quantitative estimate of drug-likeness (QED) is 0.640. The Morgan fingerprint density at radius 2 is 2.20 bits per heavy atom. The topological polar surface area (TPSA) is 40.9 Å². The minimum atomic E-state index is -0.302. The number of Topliss-reactive ketones (excluding diaryl/α,β-unsaturated/α-hetero) is 1. The van der Waals surface area contributed by atoms with E-state index in [2.05, 4.69) is 6.07 Å². The monoisotopic (exact) mass is 197 g/mol. The van der Waals surface area contributed by atoms with Crippen LogP contribution >= 0.6 is 0 Å². The van der Waals surface area contributed by atoms with Gasteiger partial charge in [-0.25, -0.2) is 0 Å². The van der Waals surface area contributed by atoms with Crippen molar-refractivity contribution in [3.63, 3.8) is 0 Å². The second kappa shape index (κ2) is 2.70. The van der Waals surface area contributed by atoms with Crippen molar-refractivity contribution in [1.29, 1.82) is 5.26 Å². The first-order chi connectivity index (χ1) is 7.28. The molecule has 1 spiro atoms. The molecule has 2 aliphatic carbocycles. The zero-order valence-corrected chi connectivity index (χ0v) is 8.36. The molecule has 0 aromatic heterocycles. The molecule has 1 aromatic rings. The van der Waals surface area contributed by atoms with Gasteiger partial charge in [0.1, 0.15) is 0 Å². The maximum atomic E-state index is 12.2. The van der Waals surface area contributed by atoms with Gasteiger partial charge >= 0.3 is 0 Å². The van der Waals surface area contributed by atoms with Crippen LogP contribution < -0.4 is 0 Å². The maximum absolute atomic E-state index is 12.2. The first kappa shape index (κ1) is 8.67. The molecule has 0 amide bonds. The number of hydrogen-bond acceptors (Lipinski definition) is 2. The fourth-order valence-corrected chi connectivity index (χ4v) is 2.70. The average Bonchev–Trinajstić information content (AvgIpc) is 2.99. The second-order valence-corrected chi connectivity index (χ2v) is 4.53. The molecule has 2 aliphatic rings. The van der Waals surface area contributed by atoms with Crippen molar-refractivity contribution in [3.05, 3.63) is 35.4 Å². The summed E-state index contributed by atoms with van der Waals surface area (Å²) in [4.78, 5) is 12.2. The minimum Gasteiger partial charge on any atom is -0.293 e. The molecule has 2 nitrogen and oxygen atoms in total. The summed E-state index contributed by atoms with van der Waals surface area (Å²) in [5.41, 5.74) is 1.70. The molecule has 1 saturated carbocycles. The Hall–Kier alpha value is -1.62. The van der Waals surface area contributed by atoms with E-state index in [0.29, 0.717) is 0 Å². The molecular formula is C13H11NO. The van der Waals surface area contributed by atoms with Gasteiger partial charge < -0.3 is 0 Å². The predicted octanol–water partition coefficient (Wildman–Crippen LogP) is 2.35. The van der Waals surface area contributed by atoms with Crippen molar-refractivity contribution in [2.45, 2.75) is 19.3 Å². The fraction of sp³-hybridized carbons (Fsp3) is 0.385. The van der Waals surface area contributed by atoms with Crippen LogP contribution in [0, 0.1) is 22.7 Å². The highest BCUT2D eigenvalue weighted by Gasteiger charge is 2.61. The first-order valence-corrected chi connectivity index (χ1v) is 5.30. The van der Waals surface area contributed by atoms with Gasteiger partial charge in [0.25, 0.3) is 0 Å². The van der Waals surface area contributed by atoms with Crippen LogP contribution in [0.4, 0.5) is 0 Å². The number of rotatable bonds is 0. The van der Waals surface area contributed by atoms with Crippen molar-refractivity contribution in [1.82, 2.24) is 0 Å². The van der Waals surface area contributed by atoms with E-state index in [1.165, 1.54) is 0 Å². The van der Waals surface area contributed by atoms with Gasteiger partial charge in [0.05, 0.1) is 17.4 Å². The zero-order valence-electron chi connectivity index (χ0n) is 8.36. The van der Waals surface area contributed by atoms with Crippen LogP contribution in [0.25, 0.3) is 0 Å². The van der Waals surface area contributed by atoms with Crippen molar-refractivity contribution < 1.29 is 4.79 Å². The summed E-state index contributed by atoms with van der Waals surface area (Å²) in [6.45, 7) is 0. The van der Waals surface area contributed by atoms with Gasteiger partial charge in [-0.2, -0.15) is 5.26 Å². The SMILES string of the molecule is N#C[C@H]1C[C@@]12CCc1ccccc1C2=O. The van der Waals surface area contributed by atoms with Crippen LogP contribution in [-0.2, 0) is 6.42 Å². The third kappa shape index (κ3) is 1.01. The average molecular weight is 197 g/mol. The van der Waals surface area contributed by atoms with E-state index in [0.717, 1.165) is 30.4 Å². The summed E-state index contributed by atoms with van der Waals surface area (Å²) >= 11 is 0. The lowest BCUT2D eigenvalue weighted by atomic mass is 9.79. The van der Waals surface area contributed by atoms with Gasteiger partial charge in [-0.05, 0) is 24.8 Å². The Balaban J connectivity index is 2.05. The third-order valence-corrected chi connectivity index (χ3v) is 3.79. The van der Waals surface area contributed by atoms with E-state index in [1.54, 1.807) is 0 Å². The molecule has 0 heterocycles. The normalized spacial score (nSPS) is 32.2. The predicted molar refractivity (Wildman–Crippen MR) is 55.2 cm³/mol. The number of aryl methyl sites for hydroxylation is 1. The summed E-state index contributed by atoms with van der Waals surface area (Å²) in [6.07, 6.45) is 2.58. The van der Waals surface area contributed by atoms with Gasteiger partial charge in [-0.3, -0.25) is 4.79 Å². The van der Waals surface area contributed by atoms with Crippen molar-refractivity contribution >= 4 is 5.78 Å². The van der Waals surface area contributed by atoms with Gasteiger partial charge in [0.2, 0.25) is 0 Å². The number of ketones is 1. The molecule has 3 rings (SSSR count). The van der Waals surface area contributed by atoms with Crippen LogP contribution in [0.3, 0.4) is 0 Å². The van der Waals surface area contributed by atoms with Gasteiger partial charge in [-0.1, -0.05) is 24.3 Å². The van der Waals surface area contributed by atoms with Crippen molar-refractivity contribution in [2.75, 3.05) is 0 Å². The van der Waals surface area contributed by atoms with Gasteiger partial charge in [0.15, 0.2) is 5.78 Å². The van der Waals surface area contributed by atoms with E-state index in [-0.39, 0.29) is 17.1 Å². The minimum absolute atomic E-state index is 0.0293. The summed E-state index contributed by atoms with van der Waals surface area (Å²) in [5, 5.41) is 8.89. The molecule has 1 fully saturated rings. The van der Waals surface area contributed by atoms with Crippen LogP contribution in [0.15, 0.2) is 24.3 Å². The van der Waals surface area contributed by atoms with E-state index < -0.39 is 0 Å². The Bertz CT molecular complexity index is 486. The molecule has 0 radical (unpaired) electrons. The highest BCUT2D eigenvalue weighted by Crippen LogP contribution is 2.59. The van der Waals surface area contributed by atoms with E-state index in [1.807, 2.05) is 24.3 Å². The van der Waals surface area contributed by atoms with Crippen molar-refractivity contribution in [3.8, 4) is 6.07 Å². The second-order valence-electron chi connectivity index (χ2n) is 4.53. The summed E-state index contributed by atoms with van der Waals surface area (Å²) in [7, 11) is 0. The van der Waals surface area contributed by atoms with Gasteiger partial charge in [-0.15, -0.1) is 0 Å². The van der Waals surface area contributed by atoms with Crippen molar-refractivity contribution in [2.24, 2.45) is 11.3 Å². The van der Waals surface area contributed by atoms with Crippen LogP contribution in [0.2, 0.25) is 0 Å². The standard InChI is InChI=1S/C13H11NO/c14-8-10-7-13(10)6-5-9-3-1-2-4-11(9)12(13)15/h1-4,10H,5-7H2/t10-,13+/m1/s1. The lowest BCUT2D eigenvalue weighted by Crippen LogP contribution is -2.25. The Morgan fingerprint density at radius 1 is 1.40 bits per heavy atom.